The molecular weight excluding hydrogens is 376 g/mol. The molecule has 0 aliphatic carbocycles. The molecule has 1 aliphatic heterocycles. The third-order valence-electron chi connectivity index (χ3n) is 5.43. The van der Waals surface area contributed by atoms with E-state index in [0.717, 1.165) is 36.1 Å². The van der Waals surface area contributed by atoms with Gasteiger partial charge < -0.3 is 9.80 Å². The lowest BCUT2D eigenvalue weighted by Gasteiger charge is -2.40. The number of piperazine rings is 1. The second-order valence-electron chi connectivity index (χ2n) is 10.3. The summed E-state index contributed by atoms with van der Waals surface area (Å²) in [6.07, 6.45) is 0. The van der Waals surface area contributed by atoms with Crippen molar-refractivity contribution in [2.24, 2.45) is 0 Å². The maximum absolute atomic E-state index is 13.2. The Morgan fingerprint density at radius 2 is 1.83 bits per heavy atom. The highest BCUT2D eigenvalue weighted by atomic mass is 16.2. The quantitative estimate of drug-likeness (QED) is 0.795. The fraction of sp³-hybridized carbons (Fsp3) is 0.609. The van der Waals surface area contributed by atoms with Crippen molar-refractivity contribution in [1.82, 2.24) is 19.7 Å². The molecule has 2 aromatic heterocycles. The van der Waals surface area contributed by atoms with Crippen molar-refractivity contribution >= 4 is 17.7 Å². The number of hydrogen-bond acceptors (Lipinski definition) is 4. The Hall–Kier alpha value is -2.57. The largest absolute Gasteiger partial charge is 0.353 e. The third-order valence-corrected chi connectivity index (χ3v) is 5.43. The minimum absolute atomic E-state index is 0.0779. The van der Waals surface area contributed by atoms with Gasteiger partial charge in [0.05, 0.1) is 11.2 Å². The van der Waals surface area contributed by atoms with Crippen molar-refractivity contribution < 1.29 is 4.79 Å². The SMILES string of the molecule is Cc1cccc(N2CCN(C(=O)Nc3cc(C(C)(C)C)nn3C(C)(C)C)[C@H](C)C2)n1. The Morgan fingerprint density at radius 3 is 2.40 bits per heavy atom. The van der Waals surface area contributed by atoms with Crippen molar-refractivity contribution in [1.29, 1.82) is 0 Å². The van der Waals surface area contributed by atoms with Crippen LogP contribution in [-0.4, -0.2) is 51.4 Å². The zero-order valence-corrected chi connectivity index (χ0v) is 19.7. The molecule has 2 aromatic rings. The van der Waals surface area contributed by atoms with Gasteiger partial charge in [-0.05, 0) is 46.8 Å². The van der Waals surface area contributed by atoms with Gasteiger partial charge in [-0.2, -0.15) is 5.10 Å². The number of rotatable bonds is 2. The Morgan fingerprint density at radius 1 is 1.13 bits per heavy atom. The Bertz CT molecular complexity index is 905. The first-order valence-electron chi connectivity index (χ1n) is 10.7. The summed E-state index contributed by atoms with van der Waals surface area (Å²) in [4.78, 5) is 21.9. The van der Waals surface area contributed by atoms with Crippen LogP contribution in [0.2, 0.25) is 0 Å². The fourth-order valence-corrected chi connectivity index (χ4v) is 3.70. The van der Waals surface area contributed by atoms with Crippen LogP contribution in [0.25, 0.3) is 0 Å². The van der Waals surface area contributed by atoms with E-state index in [1.54, 1.807) is 0 Å². The van der Waals surface area contributed by atoms with Crippen LogP contribution in [0.4, 0.5) is 16.4 Å². The number of carbonyl (C=O) groups excluding carboxylic acids is 1. The van der Waals surface area contributed by atoms with Gasteiger partial charge in [0.1, 0.15) is 11.6 Å². The minimum Gasteiger partial charge on any atom is -0.353 e. The van der Waals surface area contributed by atoms with Gasteiger partial charge in [0, 0.05) is 42.9 Å². The second kappa shape index (κ2) is 7.93. The average molecular weight is 413 g/mol. The highest BCUT2D eigenvalue weighted by Gasteiger charge is 2.31. The molecule has 3 heterocycles. The first-order valence-corrected chi connectivity index (χ1v) is 10.7. The van der Waals surface area contributed by atoms with E-state index in [1.807, 2.05) is 40.8 Å². The van der Waals surface area contributed by atoms with Gasteiger partial charge in [-0.25, -0.2) is 14.5 Å². The van der Waals surface area contributed by atoms with E-state index in [-0.39, 0.29) is 23.0 Å². The van der Waals surface area contributed by atoms with E-state index in [4.69, 9.17) is 5.10 Å². The number of aromatic nitrogens is 3. The molecule has 0 radical (unpaired) electrons. The number of hydrogen-bond donors (Lipinski definition) is 1. The molecule has 3 rings (SSSR count). The summed E-state index contributed by atoms with van der Waals surface area (Å²) in [5.41, 5.74) is 1.66. The molecule has 0 spiro atoms. The molecule has 1 fully saturated rings. The monoisotopic (exact) mass is 412 g/mol. The van der Waals surface area contributed by atoms with E-state index < -0.39 is 0 Å². The van der Waals surface area contributed by atoms with Crippen LogP contribution in [0, 0.1) is 6.92 Å². The van der Waals surface area contributed by atoms with Crippen molar-refractivity contribution in [2.45, 2.75) is 72.4 Å². The summed E-state index contributed by atoms with van der Waals surface area (Å²) >= 11 is 0. The first kappa shape index (κ1) is 22.1. The van der Waals surface area contributed by atoms with Crippen LogP contribution >= 0.6 is 0 Å². The number of aryl methyl sites for hydroxylation is 1. The van der Waals surface area contributed by atoms with Gasteiger partial charge in [-0.1, -0.05) is 26.8 Å². The van der Waals surface area contributed by atoms with Gasteiger partial charge in [0.15, 0.2) is 0 Å². The fourth-order valence-electron chi connectivity index (χ4n) is 3.70. The topological polar surface area (TPSA) is 66.3 Å². The highest BCUT2D eigenvalue weighted by molar-refractivity contribution is 5.89. The van der Waals surface area contributed by atoms with Crippen molar-refractivity contribution in [2.75, 3.05) is 29.9 Å². The molecule has 2 amide bonds. The number of carbonyl (C=O) groups is 1. The number of urea groups is 1. The number of amides is 2. The molecular formula is C23H36N6O. The van der Waals surface area contributed by atoms with Crippen molar-refractivity contribution in [3.63, 3.8) is 0 Å². The molecule has 0 aromatic carbocycles. The second-order valence-corrected chi connectivity index (χ2v) is 10.3. The number of anilines is 2. The van der Waals surface area contributed by atoms with Gasteiger partial charge in [0.2, 0.25) is 0 Å². The summed E-state index contributed by atoms with van der Waals surface area (Å²) in [5.74, 6) is 1.72. The zero-order chi connectivity index (χ0) is 22.3. The maximum atomic E-state index is 13.2. The highest BCUT2D eigenvalue weighted by Crippen LogP contribution is 2.28. The molecule has 0 bridgehead atoms. The molecule has 7 nitrogen and oxygen atoms in total. The Labute approximate surface area is 180 Å². The third kappa shape index (κ3) is 4.77. The molecule has 1 atom stereocenters. The van der Waals surface area contributed by atoms with Crippen LogP contribution in [0.1, 0.15) is 59.9 Å². The maximum Gasteiger partial charge on any atom is 0.323 e. The van der Waals surface area contributed by atoms with Crippen molar-refractivity contribution in [3.05, 3.63) is 35.7 Å². The van der Waals surface area contributed by atoms with Crippen LogP contribution in [0.15, 0.2) is 24.3 Å². The van der Waals surface area contributed by atoms with E-state index in [1.165, 1.54) is 0 Å². The van der Waals surface area contributed by atoms with Gasteiger partial charge in [-0.15, -0.1) is 0 Å². The van der Waals surface area contributed by atoms with E-state index in [2.05, 4.69) is 63.7 Å². The minimum atomic E-state index is -0.229. The average Bonchev–Trinajstić information content (AvgIpc) is 3.06. The lowest BCUT2D eigenvalue weighted by molar-refractivity contribution is 0.184. The van der Waals surface area contributed by atoms with Crippen LogP contribution in [0.3, 0.4) is 0 Å². The zero-order valence-electron chi connectivity index (χ0n) is 19.7. The lowest BCUT2D eigenvalue weighted by atomic mass is 9.92. The first-order chi connectivity index (χ1) is 13.9. The summed E-state index contributed by atoms with van der Waals surface area (Å²) in [6, 6.07) is 8.06. The van der Waals surface area contributed by atoms with Gasteiger partial charge in [-0.3, -0.25) is 5.32 Å². The van der Waals surface area contributed by atoms with E-state index in [0.29, 0.717) is 6.54 Å². The molecule has 1 N–H and O–H groups in total. The van der Waals surface area contributed by atoms with Crippen LogP contribution in [-0.2, 0) is 11.0 Å². The van der Waals surface area contributed by atoms with Crippen LogP contribution in [0.5, 0.6) is 0 Å². The van der Waals surface area contributed by atoms with Crippen LogP contribution < -0.4 is 10.2 Å². The predicted octanol–water partition coefficient (Wildman–Crippen LogP) is 4.38. The Balaban J connectivity index is 1.75. The predicted molar refractivity (Wildman–Crippen MR) is 122 cm³/mol. The molecule has 0 saturated carbocycles. The summed E-state index contributed by atoms with van der Waals surface area (Å²) in [5, 5.41) is 7.92. The van der Waals surface area contributed by atoms with Gasteiger partial charge >= 0.3 is 6.03 Å². The molecule has 1 aliphatic rings. The molecule has 7 heteroatoms. The normalized spacial score (nSPS) is 17.9. The Kier molecular flexibility index (Phi) is 5.85. The molecule has 1 saturated heterocycles. The summed E-state index contributed by atoms with van der Waals surface area (Å²) in [6.45, 7) is 18.9. The number of nitrogens with one attached hydrogen (secondary N) is 1. The molecule has 0 unspecified atom stereocenters. The number of nitrogens with zero attached hydrogens (tertiary/aromatic N) is 5. The smallest absolute Gasteiger partial charge is 0.323 e. The standard InChI is InChI=1S/C23H36N6O/c1-16-10-9-11-19(24-16)27-12-13-28(17(2)15-27)21(30)25-20-14-18(22(3,4)5)26-29(20)23(6,7)8/h9-11,14,17H,12-13,15H2,1-8H3,(H,25,30)/t17-/m1/s1. The summed E-state index contributed by atoms with van der Waals surface area (Å²) in [7, 11) is 0. The molecule has 30 heavy (non-hydrogen) atoms. The van der Waals surface area contributed by atoms with Crippen molar-refractivity contribution in [3.8, 4) is 0 Å². The lowest BCUT2D eigenvalue weighted by Crippen LogP contribution is -2.55. The van der Waals surface area contributed by atoms with E-state index >= 15 is 0 Å². The summed E-state index contributed by atoms with van der Waals surface area (Å²) < 4.78 is 1.92. The molecule has 164 valence electrons. The van der Waals surface area contributed by atoms with Gasteiger partial charge in [0.25, 0.3) is 0 Å². The number of pyridine rings is 1. The van der Waals surface area contributed by atoms with E-state index in [9.17, 15) is 4.79 Å².